The molecule has 0 saturated heterocycles. The van der Waals surface area contributed by atoms with Gasteiger partial charge in [0.05, 0.1) is 0 Å². The normalized spacial score (nSPS) is 16.5. The lowest BCUT2D eigenvalue weighted by atomic mass is 9.91. The molecule has 8 nitrogen and oxygen atoms in total. The van der Waals surface area contributed by atoms with Gasteiger partial charge < -0.3 is 20.3 Å². The van der Waals surface area contributed by atoms with Crippen LogP contribution in [0.5, 0.6) is 11.6 Å². The molecule has 202 valence electrons. The van der Waals surface area contributed by atoms with Crippen LogP contribution in [-0.4, -0.2) is 47.0 Å². The Morgan fingerprint density at radius 1 is 0.872 bits per heavy atom. The second-order valence-electron chi connectivity index (χ2n) is 9.63. The Morgan fingerprint density at radius 2 is 1.54 bits per heavy atom. The van der Waals surface area contributed by atoms with Crippen LogP contribution in [0.15, 0.2) is 85.2 Å². The number of aromatic nitrogens is 3. The number of amides is 1. The van der Waals surface area contributed by atoms with Crippen LogP contribution in [0.4, 0.5) is 11.8 Å². The van der Waals surface area contributed by atoms with Crippen molar-refractivity contribution in [2.45, 2.75) is 37.8 Å². The zero-order valence-corrected chi connectivity index (χ0v) is 22.9. The number of ether oxygens (including phenoxy) is 1. The molecule has 5 rings (SSSR count). The number of carbonyl (C=O) groups is 1. The number of hydrogen-bond acceptors (Lipinski definition) is 7. The Morgan fingerprint density at radius 3 is 2.23 bits per heavy atom. The summed E-state index contributed by atoms with van der Waals surface area (Å²) in [6, 6.07) is 23.4. The summed E-state index contributed by atoms with van der Waals surface area (Å²) in [6.45, 7) is 0. The van der Waals surface area contributed by atoms with Gasteiger partial charge in [0.1, 0.15) is 17.1 Å². The maximum absolute atomic E-state index is 13.1. The lowest BCUT2D eigenvalue weighted by molar-refractivity contribution is 0.0923. The fraction of sp³-hybridized carbons (Fsp3) is 0.267. The molecule has 0 aliphatic heterocycles. The third kappa shape index (κ3) is 7.03. The van der Waals surface area contributed by atoms with Crippen LogP contribution in [0.25, 0.3) is 11.1 Å². The van der Waals surface area contributed by atoms with E-state index in [9.17, 15) is 4.79 Å². The maximum atomic E-state index is 13.1. The zero-order chi connectivity index (χ0) is 26.3. The Balaban J connectivity index is 0.00000353. The van der Waals surface area contributed by atoms with Gasteiger partial charge in [0.25, 0.3) is 5.91 Å². The van der Waals surface area contributed by atoms with Gasteiger partial charge in [0, 0.05) is 44.1 Å². The molecule has 1 aliphatic carbocycles. The van der Waals surface area contributed by atoms with E-state index in [0.29, 0.717) is 23.1 Å². The molecule has 1 aliphatic rings. The lowest BCUT2D eigenvalue weighted by Gasteiger charge is -2.30. The number of nitrogens with zero attached hydrogens (tertiary/aromatic N) is 4. The molecular weight excluding hydrogens is 512 g/mol. The van der Waals surface area contributed by atoms with Gasteiger partial charge in [0.15, 0.2) is 0 Å². The number of halogens is 1. The minimum atomic E-state index is -0.170. The van der Waals surface area contributed by atoms with Crippen LogP contribution in [0, 0.1) is 0 Å². The van der Waals surface area contributed by atoms with E-state index >= 15 is 0 Å². The summed E-state index contributed by atoms with van der Waals surface area (Å²) in [6.07, 6.45) is 7.05. The highest BCUT2D eigenvalue weighted by atomic mass is 35.5. The molecule has 0 spiro atoms. The van der Waals surface area contributed by atoms with Crippen LogP contribution < -0.4 is 20.3 Å². The lowest BCUT2D eigenvalue weighted by Crippen LogP contribution is -2.40. The van der Waals surface area contributed by atoms with Gasteiger partial charge in [-0.2, -0.15) is 4.98 Å². The van der Waals surface area contributed by atoms with Gasteiger partial charge >= 0.3 is 0 Å². The summed E-state index contributed by atoms with van der Waals surface area (Å²) in [7, 11) is 3.98. The number of pyridine rings is 1. The predicted octanol–water partition coefficient (Wildman–Crippen LogP) is 5.97. The minimum Gasteiger partial charge on any atom is -0.438 e. The van der Waals surface area contributed by atoms with Crippen molar-refractivity contribution in [1.82, 2.24) is 20.3 Å². The molecule has 4 aromatic rings. The van der Waals surface area contributed by atoms with Crippen molar-refractivity contribution in [3.8, 4) is 22.8 Å². The summed E-state index contributed by atoms with van der Waals surface area (Å²) in [5.41, 5.74) is 2.52. The molecule has 1 saturated carbocycles. The molecule has 9 heteroatoms. The second-order valence-corrected chi connectivity index (χ2v) is 9.63. The average molecular weight is 545 g/mol. The third-order valence-corrected chi connectivity index (χ3v) is 6.65. The first-order valence-corrected chi connectivity index (χ1v) is 12.9. The highest BCUT2D eigenvalue weighted by Crippen LogP contribution is 2.29. The van der Waals surface area contributed by atoms with Gasteiger partial charge in [-0.15, -0.1) is 12.4 Å². The summed E-state index contributed by atoms with van der Waals surface area (Å²) in [5, 5.41) is 6.68. The van der Waals surface area contributed by atoms with E-state index in [-0.39, 0.29) is 30.4 Å². The van der Waals surface area contributed by atoms with Crippen molar-refractivity contribution in [2.24, 2.45) is 0 Å². The van der Waals surface area contributed by atoms with Crippen molar-refractivity contribution >= 4 is 30.1 Å². The number of hydrogen-bond donors (Lipinski definition) is 2. The quantitative estimate of drug-likeness (QED) is 0.282. The third-order valence-electron chi connectivity index (χ3n) is 6.65. The Bertz CT molecular complexity index is 1360. The van der Waals surface area contributed by atoms with Gasteiger partial charge in [-0.25, -0.2) is 9.97 Å². The van der Waals surface area contributed by atoms with Crippen LogP contribution in [0.3, 0.4) is 0 Å². The molecule has 0 atom stereocenters. The first-order chi connectivity index (χ1) is 18.6. The van der Waals surface area contributed by atoms with Crippen LogP contribution >= 0.6 is 12.4 Å². The van der Waals surface area contributed by atoms with E-state index in [0.717, 1.165) is 42.6 Å². The predicted molar refractivity (Wildman–Crippen MR) is 157 cm³/mol. The molecule has 2 N–H and O–H groups in total. The first-order valence-electron chi connectivity index (χ1n) is 12.9. The molecule has 0 unspecified atom stereocenters. The summed E-state index contributed by atoms with van der Waals surface area (Å²) >= 11 is 0. The van der Waals surface area contributed by atoms with Gasteiger partial charge in [-0.1, -0.05) is 48.5 Å². The first kappa shape index (κ1) is 27.9. The van der Waals surface area contributed by atoms with Crippen LogP contribution in [0.1, 0.15) is 36.0 Å². The SMILES string of the molecule is CN(C)c1nc(N[C@H]2CC[C@@H](NC(=O)c3cccnc3Oc3ccccc3)CC2)ncc1-c1ccccc1.Cl. The largest absolute Gasteiger partial charge is 0.438 e. The molecule has 2 heterocycles. The number of nitrogens with one attached hydrogen (secondary N) is 2. The zero-order valence-electron chi connectivity index (χ0n) is 22.1. The smallest absolute Gasteiger partial charge is 0.257 e. The van der Waals surface area contributed by atoms with Crippen LogP contribution in [-0.2, 0) is 0 Å². The Labute approximate surface area is 235 Å². The molecule has 0 bridgehead atoms. The van der Waals surface area contributed by atoms with Crippen molar-refractivity contribution in [3.05, 3.63) is 90.8 Å². The fourth-order valence-corrected chi connectivity index (χ4v) is 4.68. The van der Waals surface area contributed by atoms with Crippen molar-refractivity contribution in [3.63, 3.8) is 0 Å². The van der Waals surface area contributed by atoms with Gasteiger partial charge in [-0.3, -0.25) is 4.79 Å². The molecule has 39 heavy (non-hydrogen) atoms. The molecule has 2 aromatic carbocycles. The van der Waals surface area contributed by atoms with Crippen molar-refractivity contribution in [2.75, 3.05) is 24.3 Å². The standard InChI is InChI=1S/C30H32N6O2.ClH/c1-36(2)27-26(21-10-5-3-6-11-21)20-32-30(35-27)34-23-17-15-22(16-18-23)33-28(37)25-14-9-19-31-29(25)38-24-12-7-4-8-13-24;/h3-14,19-20,22-23H,15-18H2,1-2H3,(H,33,37)(H,32,34,35);1H/t22-,23+;. The van der Waals surface area contributed by atoms with E-state index in [1.54, 1.807) is 18.3 Å². The van der Waals surface area contributed by atoms with Crippen molar-refractivity contribution < 1.29 is 9.53 Å². The summed E-state index contributed by atoms with van der Waals surface area (Å²) in [4.78, 5) is 28.8. The molecule has 1 fully saturated rings. The second kappa shape index (κ2) is 13.1. The van der Waals surface area contributed by atoms with Gasteiger partial charge in [0.2, 0.25) is 11.8 Å². The number of carbonyl (C=O) groups excluding carboxylic acids is 1. The molecule has 2 aromatic heterocycles. The van der Waals surface area contributed by atoms with Crippen LogP contribution in [0.2, 0.25) is 0 Å². The van der Waals surface area contributed by atoms with E-state index in [1.807, 2.05) is 73.7 Å². The van der Waals surface area contributed by atoms with Crippen molar-refractivity contribution in [1.29, 1.82) is 0 Å². The molecular formula is C30H33ClN6O2. The average Bonchev–Trinajstić information content (AvgIpc) is 2.95. The summed E-state index contributed by atoms with van der Waals surface area (Å²) in [5.74, 6) is 2.28. The number of benzene rings is 2. The van der Waals surface area contributed by atoms with E-state index in [1.165, 1.54) is 0 Å². The Kier molecular flexibility index (Phi) is 9.33. The molecule has 0 radical (unpaired) electrons. The minimum absolute atomic E-state index is 0. The Hall–Kier alpha value is -4.17. The fourth-order valence-electron chi connectivity index (χ4n) is 4.68. The summed E-state index contributed by atoms with van der Waals surface area (Å²) < 4.78 is 5.87. The highest BCUT2D eigenvalue weighted by Gasteiger charge is 2.25. The van der Waals surface area contributed by atoms with E-state index in [4.69, 9.17) is 9.72 Å². The number of anilines is 2. The monoisotopic (exact) mass is 544 g/mol. The number of para-hydroxylation sites is 1. The highest BCUT2D eigenvalue weighted by molar-refractivity contribution is 5.96. The maximum Gasteiger partial charge on any atom is 0.257 e. The van der Waals surface area contributed by atoms with E-state index < -0.39 is 0 Å². The van der Waals surface area contributed by atoms with Gasteiger partial charge in [-0.05, 0) is 55.5 Å². The van der Waals surface area contributed by atoms with E-state index in [2.05, 4.69) is 32.7 Å². The molecule has 1 amide bonds. The topological polar surface area (TPSA) is 92.3 Å². The number of rotatable bonds is 8.